The number of aliphatic hydroxyl groups is 1. The molecule has 21 heavy (non-hydrogen) atoms. The van der Waals surface area contributed by atoms with Crippen LogP contribution in [0.5, 0.6) is 5.75 Å². The summed E-state index contributed by atoms with van der Waals surface area (Å²) in [6.07, 6.45) is 0. The van der Waals surface area contributed by atoms with Gasteiger partial charge in [0.2, 0.25) is 0 Å². The minimum atomic E-state index is -1.32. The first-order valence-electron chi connectivity index (χ1n) is 6.97. The summed E-state index contributed by atoms with van der Waals surface area (Å²) >= 11 is 0. The second-order valence-corrected chi connectivity index (χ2v) is 6.01. The Balaban J connectivity index is 2.34. The number of ether oxygens (including phenoxy) is 1. The highest BCUT2D eigenvalue weighted by molar-refractivity contribution is 5.51. The van der Waals surface area contributed by atoms with E-state index in [1.165, 1.54) is 9.25 Å². The fourth-order valence-electron chi connectivity index (χ4n) is 2.50. The van der Waals surface area contributed by atoms with Gasteiger partial charge in [-0.1, -0.05) is 19.9 Å². The van der Waals surface area contributed by atoms with Gasteiger partial charge in [-0.2, -0.15) is 5.10 Å². The Morgan fingerprint density at radius 3 is 2.81 bits per heavy atom. The summed E-state index contributed by atoms with van der Waals surface area (Å²) in [4.78, 5) is 12.4. The van der Waals surface area contributed by atoms with Gasteiger partial charge >= 0.3 is 5.69 Å². The SMILES string of the molecule is CC(C)c1ccc2c(c1)-n1c(nn(C)c1=O)C(C)(O)CO2. The maximum atomic E-state index is 12.4. The van der Waals surface area contributed by atoms with Gasteiger partial charge in [-0.3, -0.25) is 0 Å². The van der Waals surface area contributed by atoms with Crippen LogP contribution in [0.15, 0.2) is 23.0 Å². The van der Waals surface area contributed by atoms with Gasteiger partial charge in [-0.15, -0.1) is 0 Å². The third-order valence-electron chi connectivity index (χ3n) is 3.81. The van der Waals surface area contributed by atoms with Crippen molar-refractivity contribution in [2.24, 2.45) is 7.05 Å². The lowest BCUT2D eigenvalue weighted by Crippen LogP contribution is -2.32. The molecule has 2 aromatic rings. The van der Waals surface area contributed by atoms with Gasteiger partial charge < -0.3 is 9.84 Å². The summed E-state index contributed by atoms with van der Waals surface area (Å²) in [6, 6.07) is 5.74. The van der Waals surface area contributed by atoms with E-state index in [2.05, 4.69) is 18.9 Å². The molecule has 0 bridgehead atoms. The van der Waals surface area contributed by atoms with Crippen LogP contribution < -0.4 is 10.4 Å². The number of hydrogen-bond donors (Lipinski definition) is 1. The Kier molecular flexibility index (Phi) is 2.95. The van der Waals surface area contributed by atoms with Crippen molar-refractivity contribution >= 4 is 0 Å². The molecule has 112 valence electrons. The van der Waals surface area contributed by atoms with E-state index in [1.54, 1.807) is 14.0 Å². The Labute approximate surface area is 122 Å². The van der Waals surface area contributed by atoms with Crippen LogP contribution in [-0.2, 0) is 12.6 Å². The van der Waals surface area contributed by atoms with Crippen LogP contribution >= 0.6 is 0 Å². The first kappa shape index (κ1) is 13.9. The van der Waals surface area contributed by atoms with Gasteiger partial charge in [0.05, 0.1) is 5.69 Å². The van der Waals surface area contributed by atoms with Crippen molar-refractivity contribution in [1.29, 1.82) is 0 Å². The van der Waals surface area contributed by atoms with Gasteiger partial charge in [0.15, 0.2) is 11.4 Å². The van der Waals surface area contributed by atoms with Gasteiger partial charge in [-0.05, 0) is 30.5 Å². The second kappa shape index (κ2) is 4.46. The average molecular weight is 289 g/mol. The zero-order valence-electron chi connectivity index (χ0n) is 12.6. The van der Waals surface area contributed by atoms with Crippen molar-refractivity contribution in [2.45, 2.75) is 32.3 Å². The van der Waals surface area contributed by atoms with Crippen LogP contribution in [0, 0.1) is 0 Å². The highest BCUT2D eigenvalue weighted by Crippen LogP contribution is 2.33. The zero-order valence-corrected chi connectivity index (χ0v) is 12.6. The van der Waals surface area contributed by atoms with E-state index in [1.807, 2.05) is 18.2 Å². The van der Waals surface area contributed by atoms with Crippen LogP contribution in [-0.4, -0.2) is 26.1 Å². The fourth-order valence-corrected chi connectivity index (χ4v) is 2.50. The molecule has 6 nitrogen and oxygen atoms in total. The monoisotopic (exact) mass is 289 g/mol. The Morgan fingerprint density at radius 2 is 2.14 bits per heavy atom. The standard InChI is InChI=1S/C15H19N3O3/c1-9(2)10-5-6-12-11(7-10)18-13(15(3,20)8-21-12)16-17(4)14(18)19/h5-7,9,20H,8H2,1-4H3. The number of aryl methyl sites for hydroxylation is 1. The Bertz CT molecular complexity index is 756. The van der Waals surface area contributed by atoms with E-state index in [0.717, 1.165) is 5.56 Å². The predicted octanol–water partition coefficient (Wildman–Crippen LogP) is 1.29. The highest BCUT2D eigenvalue weighted by atomic mass is 16.5. The molecule has 1 unspecified atom stereocenters. The minimum Gasteiger partial charge on any atom is -0.488 e. The van der Waals surface area contributed by atoms with Crippen molar-refractivity contribution in [2.75, 3.05) is 6.61 Å². The van der Waals surface area contributed by atoms with E-state index >= 15 is 0 Å². The molecular formula is C15H19N3O3. The molecule has 1 aliphatic heterocycles. The Morgan fingerprint density at radius 1 is 1.43 bits per heavy atom. The number of nitrogens with zero attached hydrogens (tertiary/aromatic N) is 3. The molecule has 0 radical (unpaired) electrons. The molecule has 1 aliphatic rings. The van der Waals surface area contributed by atoms with E-state index in [-0.39, 0.29) is 12.3 Å². The number of aromatic nitrogens is 3. The van der Waals surface area contributed by atoms with Crippen LogP contribution in [0.2, 0.25) is 0 Å². The second-order valence-electron chi connectivity index (χ2n) is 6.01. The molecule has 6 heteroatoms. The maximum absolute atomic E-state index is 12.4. The molecule has 0 aliphatic carbocycles. The normalized spacial score (nSPS) is 20.7. The van der Waals surface area contributed by atoms with Crippen LogP contribution in [0.4, 0.5) is 0 Å². The number of fused-ring (bicyclic) bond motifs is 3. The first-order valence-corrected chi connectivity index (χ1v) is 6.97. The predicted molar refractivity (Wildman–Crippen MR) is 78.0 cm³/mol. The van der Waals surface area contributed by atoms with Crippen molar-refractivity contribution in [3.05, 3.63) is 40.1 Å². The smallest absolute Gasteiger partial charge is 0.350 e. The highest BCUT2D eigenvalue weighted by Gasteiger charge is 2.36. The molecule has 1 atom stereocenters. The van der Waals surface area contributed by atoms with E-state index < -0.39 is 5.60 Å². The third-order valence-corrected chi connectivity index (χ3v) is 3.81. The Hall–Kier alpha value is -2.08. The molecule has 0 fully saturated rings. The number of benzene rings is 1. The fraction of sp³-hybridized carbons (Fsp3) is 0.467. The maximum Gasteiger partial charge on any atom is 0.350 e. The number of rotatable bonds is 1. The molecular weight excluding hydrogens is 270 g/mol. The molecule has 2 heterocycles. The average Bonchev–Trinajstić information content (AvgIpc) is 2.67. The van der Waals surface area contributed by atoms with E-state index in [0.29, 0.717) is 23.2 Å². The van der Waals surface area contributed by atoms with Crippen LogP contribution in [0.25, 0.3) is 5.69 Å². The third kappa shape index (κ3) is 2.06. The molecule has 0 saturated heterocycles. The van der Waals surface area contributed by atoms with Crippen molar-refractivity contribution in [1.82, 2.24) is 14.3 Å². The molecule has 0 saturated carbocycles. The largest absolute Gasteiger partial charge is 0.488 e. The first-order chi connectivity index (χ1) is 9.81. The molecule has 0 amide bonds. The van der Waals surface area contributed by atoms with Crippen molar-refractivity contribution in [3.8, 4) is 11.4 Å². The molecule has 3 rings (SSSR count). The summed E-state index contributed by atoms with van der Waals surface area (Å²) in [5.41, 5.74) is 0.114. The molecule has 1 aromatic heterocycles. The molecule has 1 N–H and O–H groups in total. The minimum absolute atomic E-state index is 0.0531. The molecule has 0 spiro atoms. The lowest BCUT2D eigenvalue weighted by Gasteiger charge is -2.18. The lowest BCUT2D eigenvalue weighted by molar-refractivity contribution is 0.00200. The van der Waals surface area contributed by atoms with Crippen molar-refractivity contribution in [3.63, 3.8) is 0 Å². The zero-order chi connectivity index (χ0) is 15.4. The summed E-state index contributed by atoms with van der Waals surface area (Å²) < 4.78 is 8.35. The summed E-state index contributed by atoms with van der Waals surface area (Å²) in [5, 5.41) is 14.7. The van der Waals surface area contributed by atoms with Gasteiger partial charge in [0, 0.05) is 7.05 Å². The van der Waals surface area contributed by atoms with E-state index in [9.17, 15) is 9.90 Å². The van der Waals surface area contributed by atoms with Crippen LogP contribution in [0.3, 0.4) is 0 Å². The van der Waals surface area contributed by atoms with Crippen molar-refractivity contribution < 1.29 is 9.84 Å². The summed E-state index contributed by atoms with van der Waals surface area (Å²) in [5.74, 6) is 1.21. The topological polar surface area (TPSA) is 69.3 Å². The summed E-state index contributed by atoms with van der Waals surface area (Å²) in [6.45, 7) is 5.82. The van der Waals surface area contributed by atoms with E-state index in [4.69, 9.17) is 4.74 Å². The molecule has 1 aromatic carbocycles. The van der Waals surface area contributed by atoms with Crippen LogP contribution in [0.1, 0.15) is 38.1 Å². The summed E-state index contributed by atoms with van der Waals surface area (Å²) in [7, 11) is 1.58. The quantitative estimate of drug-likeness (QED) is 0.859. The van der Waals surface area contributed by atoms with Gasteiger partial charge in [0.1, 0.15) is 12.4 Å². The van der Waals surface area contributed by atoms with Gasteiger partial charge in [-0.25, -0.2) is 14.0 Å². The lowest BCUT2D eigenvalue weighted by atomic mass is 10.0. The van der Waals surface area contributed by atoms with Gasteiger partial charge in [0.25, 0.3) is 0 Å². The number of hydrogen-bond acceptors (Lipinski definition) is 4.